The molecule has 0 saturated heterocycles. The second-order valence-corrected chi connectivity index (χ2v) is 5.04. The summed E-state index contributed by atoms with van der Waals surface area (Å²) in [5, 5.41) is 12.5. The second-order valence-electron chi connectivity index (χ2n) is 3.11. The van der Waals surface area contributed by atoms with Gasteiger partial charge < -0.3 is 10.4 Å². The number of hydrogen-bond acceptors (Lipinski definition) is 4. The van der Waals surface area contributed by atoms with Gasteiger partial charge in [0.05, 0.1) is 0 Å². The highest BCUT2D eigenvalue weighted by atomic mass is 79.9. The van der Waals surface area contributed by atoms with Crippen molar-refractivity contribution in [1.29, 1.82) is 0 Å². The largest absolute Gasteiger partial charge is 0.480 e. The van der Waals surface area contributed by atoms with Crippen molar-refractivity contribution < 1.29 is 9.90 Å². The number of aliphatic carboxylic acids is 1. The maximum absolute atomic E-state index is 10.7. The Labute approximate surface area is 107 Å². The van der Waals surface area contributed by atoms with Crippen molar-refractivity contribution in [3.8, 4) is 0 Å². The molecule has 0 radical (unpaired) electrons. The number of aromatic nitrogens is 1. The molecule has 0 fully saturated rings. The van der Waals surface area contributed by atoms with E-state index in [2.05, 4.69) is 26.2 Å². The van der Waals surface area contributed by atoms with Gasteiger partial charge in [-0.25, -0.2) is 4.98 Å². The van der Waals surface area contributed by atoms with Gasteiger partial charge in [-0.3, -0.25) is 4.79 Å². The summed E-state index contributed by atoms with van der Waals surface area (Å²) < 4.78 is 0.941. The average Bonchev–Trinajstić information content (AvgIpc) is 2.26. The smallest absolute Gasteiger partial charge is 0.320 e. The van der Waals surface area contributed by atoms with Crippen molar-refractivity contribution in [3.63, 3.8) is 0 Å². The van der Waals surface area contributed by atoms with Gasteiger partial charge in [0.1, 0.15) is 11.1 Å². The average molecular weight is 305 g/mol. The van der Waals surface area contributed by atoms with Crippen LogP contribution in [0, 0.1) is 0 Å². The number of thioether (sulfide) groups is 1. The fraction of sp³-hybridized carbons (Fsp3) is 0.400. The molecule has 0 aliphatic heterocycles. The lowest BCUT2D eigenvalue weighted by molar-refractivity contribution is -0.139. The van der Waals surface area contributed by atoms with E-state index >= 15 is 0 Å². The summed E-state index contributed by atoms with van der Waals surface area (Å²) in [5.74, 6) is -0.101. The molecule has 1 rings (SSSR count). The topological polar surface area (TPSA) is 62.2 Å². The first-order valence-corrected chi connectivity index (χ1v) is 6.56. The predicted octanol–water partition coefficient (Wildman–Crippen LogP) is 2.00. The molecule has 0 aliphatic rings. The standard InChI is InChI=1S/C10H13BrN2O2S/c1-12-8(10(14)15)4-6-16-9-7(11)3-2-5-13-9/h2-3,5,8,12H,4,6H2,1H3,(H,14,15). The van der Waals surface area contributed by atoms with Crippen LogP contribution in [0.5, 0.6) is 0 Å². The van der Waals surface area contributed by atoms with Gasteiger partial charge in [0.25, 0.3) is 0 Å². The number of rotatable bonds is 6. The van der Waals surface area contributed by atoms with Gasteiger partial charge in [0.15, 0.2) is 0 Å². The Morgan fingerprint density at radius 2 is 2.50 bits per heavy atom. The molecule has 0 amide bonds. The molecule has 0 aromatic carbocycles. The minimum Gasteiger partial charge on any atom is -0.480 e. The molecular weight excluding hydrogens is 292 g/mol. The molecule has 0 spiro atoms. The summed E-state index contributed by atoms with van der Waals surface area (Å²) in [7, 11) is 1.65. The van der Waals surface area contributed by atoms with Crippen molar-refractivity contribution in [2.24, 2.45) is 0 Å². The monoisotopic (exact) mass is 304 g/mol. The Morgan fingerprint density at radius 1 is 1.75 bits per heavy atom. The van der Waals surface area contributed by atoms with Crippen LogP contribution in [0.4, 0.5) is 0 Å². The molecule has 4 nitrogen and oxygen atoms in total. The van der Waals surface area contributed by atoms with Gasteiger partial charge in [0.2, 0.25) is 0 Å². The number of nitrogens with zero attached hydrogens (tertiary/aromatic N) is 1. The van der Waals surface area contributed by atoms with Crippen LogP contribution in [0.3, 0.4) is 0 Å². The van der Waals surface area contributed by atoms with Crippen molar-refractivity contribution in [3.05, 3.63) is 22.8 Å². The predicted molar refractivity (Wildman–Crippen MR) is 67.8 cm³/mol. The zero-order chi connectivity index (χ0) is 12.0. The van der Waals surface area contributed by atoms with E-state index in [4.69, 9.17) is 5.11 Å². The van der Waals surface area contributed by atoms with E-state index in [-0.39, 0.29) is 0 Å². The summed E-state index contributed by atoms with van der Waals surface area (Å²) in [6, 6.07) is 3.28. The molecule has 88 valence electrons. The number of hydrogen-bond donors (Lipinski definition) is 2. The first kappa shape index (κ1) is 13.5. The zero-order valence-electron chi connectivity index (χ0n) is 8.81. The number of carbonyl (C=O) groups is 1. The molecule has 0 saturated carbocycles. The third kappa shape index (κ3) is 4.11. The third-order valence-electron chi connectivity index (χ3n) is 2.02. The molecule has 6 heteroatoms. The summed E-state index contributed by atoms with van der Waals surface area (Å²) in [6.07, 6.45) is 2.29. The molecule has 1 unspecified atom stereocenters. The van der Waals surface area contributed by atoms with E-state index in [0.29, 0.717) is 12.2 Å². The Hall–Kier alpha value is -0.590. The van der Waals surface area contributed by atoms with Gasteiger partial charge in [-0.15, -0.1) is 11.8 Å². The van der Waals surface area contributed by atoms with Crippen molar-refractivity contribution in [2.45, 2.75) is 17.5 Å². The van der Waals surface area contributed by atoms with Crippen LogP contribution in [-0.4, -0.2) is 34.9 Å². The number of pyridine rings is 1. The SMILES string of the molecule is CNC(CCSc1ncccc1Br)C(=O)O. The molecular formula is C10H13BrN2O2S. The molecule has 1 heterocycles. The third-order valence-corrected chi connectivity index (χ3v) is 3.96. The Bertz CT molecular complexity index is 362. The van der Waals surface area contributed by atoms with E-state index in [0.717, 1.165) is 9.50 Å². The van der Waals surface area contributed by atoms with Crippen LogP contribution in [-0.2, 0) is 4.79 Å². The minimum absolute atomic E-state index is 0.491. The molecule has 0 bridgehead atoms. The summed E-state index contributed by atoms with van der Waals surface area (Å²) in [4.78, 5) is 14.9. The van der Waals surface area contributed by atoms with E-state index in [1.807, 2.05) is 12.1 Å². The van der Waals surface area contributed by atoms with Crippen LogP contribution in [0.25, 0.3) is 0 Å². The maximum Gasteiger partial charge on any atom is 0.320 e. The van der Waals surface area contributed by atoms with Gasteiger partial charge in [-0.2, -0.15) is 0 Å². The normalized spacial score (nSPS) is 12.4. The highest BCUT2D eigenvalue weighted by molar-refractivity contribution is 9.10. The zero-order valence-corrected chi connectivity index (χ0v) is 11.2. The highest BCUT2D eigenvalue weighted by Crippen LogP contribution is 2.25. The fourth-order valence-corrected chi connectivity index (χ4v) is 2.63. The lowest BCUT2D eigenvalue weighted by Gasteiger charge is -2.10. The maximum atomic E-state index is 10.7. The van der Waals surface area contributed by atoms with Gasteiger partial charge in [-0.1, -0.05) is 0 Å². The van der Waals surface area contributed by atoms with Crippen molar-refractivity contribution >= 4 is 33.7 Å². The highest BCUT2D eigenvalue weighted by Gasteiger charge is 2.14. The van der Waals surface area contributed by atoms with E-state index < -0.39 is 12.0 Å². The van der Waals surface area contributed by atoms with Gasteiger partial charge in [-0.05, 0) is 41.5 Å². The van der Waals surface area contributed by atoms with Crippen LogP contribution in [0.1, 0.15) is 6.42 Å². The number of halogens is 1. The Balaban J connectivity index is 2.41. The van der Waals surface area contributed by atoms with E-state index in [9.17, 15) is 4.79 Å². The van der Waals surface area contributed by atoms with Crippen LogP contribution in [0.15, 0.2) is 27.8 Å². The summed E-state index contributed by atoms with van der Waals surface area (Å²) in [5.41, 5.74) is 0. The number of nitrogens with one attached hydrogen (secondary N) is 1. The molecule has 16 heavy (non-hydrogen) atoms. The second kappa shape index (κ2) is 6.88. The van der Waals surface area contributed by atoms with Crippen molar-refractivity contribution in [1.82, 2.24) is 10.3 Å². The quantitative estimate of drug-likeness (QED) is 0.787. The lowest BCUT2D eigenvalue weighted by Crippen LogP contribution is -2.34. The Kier molecular flexibility index (Phi) is 5.79. The molecule has 0 aliphatic carbocycles. The molecule has 1 atom stereocenters. The van der Waals surface area contributed by atoms with Gasteiger partial charge >= 0.3 is 5.97 Å². The summed E-state index contributed by atoms with van der Waals surface area (Å²) >= 11 is 4.94. The summed E-state index contributed by atoms with van der Waals surface area (Å²) in [6.45, 7) is 0. The first-order valence-electron chi connectivity index (χ1n) is 4.78. The molecule has 1 aromatic heterocycles. The molecule has 2 N–H and O–H groups in total. The fourth-order valence-electron chi connectivity index (χ4n) is 1.14. The molecule has 1 aromatic rings. The van der Waals surface area contributed by atoms with Crippen LogP contribution < -0.4 is 5.32 Å². The Morgan fingerprint density at radius 3 is 3.06 bits per heavy atom. The lowest BCUT2D eigenvalue weighted by atomic mass is 10.2. The number of carboxylic acid groups (broad SMARTS) is 1. The number of carboxylic acids is 1. The van der Waals surface area contributed by atoms with Crippen LogP contribution >= 0.6 is 27.7 Å². The minimum atomic E-state index is -0.816. The van der Waals surface area contributed by atoms with E-state index in [1.54, 1.807) is 25.0 Å². The van der Waals surface area contributed by atoms with E-state index in [1.165, 1.54) is 0 Å². The van der Waals surface area contributed by atoms with Gasteiger partial charge in [0, 0.05) is 16.4 Å². The van der Waals surface area contributed by atoms with Crippen LogP contribution in [0.2, 0.25) is 0 Å². The number of likely N-dealkylation sites (N-methyl/N-ethyl adjacent to an activating group) is 1. The van der Waals surface area contributed by atoms with Crippen molar-refractivity contribution in [2.75, 3.05) is 12.8 Å². The first-order chi connectivity index (χ1) is 7.65.